The lowest BCUT2D eigenvalue weighted by Crippen LogP contribution is -2.40. The van der Waals surface area contributed by atoms with Crippen LogP contribution in [0.15, 0.2) is 48.8 Å². The van der Waals surface area contributed by atoms with E-state index in [1.807, 2.05) is 6.07 Å². The molecule has 0 radical (unpaired) electrons. The summed E-state index contributed by atoms with van der Waals surface area (Å²) in [5.41, 5.74) is 0.969. The molecule has 3 N–H and O–H groups in total. The van der Waals surface area contributed by atoms with E-state index in [-0.39, 0.29) is 12.3 Å². The highest BCUT2D eigenvalue weighted by Gasteiger charge is 2.43. The maximum Gasteiger partial charge on any atom is 0.322 e. The van der Waals surface area contributed by atoms with Crippen LogP contribution in [0.3, 0.4) is 0 Å². The third-order valence-electron chi connectivity index (χ3n) is 3.88. The van der Waals surface area contributed by atoms with Crippen LogP contribution in [0.25, 0.3) is 0 Å². The molecule has 7 heteroatoms. The number of carbonyl (C=O) groups excluding carboxylic acids is 3. The molecule has 2 aromatic rings. The van der Waals surface area contributed by atoms with Crippen molar-refractivity contribution in [3.05, 3.63) is 59.9 Å². The first-order valence-electron chi connectivity index (χ1n) is 7.40. The van der Waals surface area contributed by atoms with Gasteiger partial charge in [-0.25, -0.2) is 4.79 Å². The molecular formula is C17H16N4O3. The normalized spacial score (nSPS) is 19.5. The van der Waals surface area contributed by atoms with Crippen LogP contribution in [0.4, 0.5) is 10.5 Å². The number of benzene rings is 1. The number of hydrogen-bond donors (Lipinski definition) is 3. The summed E-state index contributed by atoms with van der Waals surface area (Å²) in [6.07, 6.45) is 3.52. The van der Waals surface area contributed by atoms with Gasteiger partial charge in [-0.2, -0.15) is 0 Å². The molecule has 1 aromatic carbocycles. The van der Waals surface area contributed by atoms with E-state index in [0.717, 1.165) is 5.56 Å². The van der Waals surface area contributed by atoms with Gasteiger partial charge >= 0.3 is 6.03 Å². The molecule has 4 amide bonds. The molecular weight excluding hydrogens is 308 g/mol. The Balaban J connectivity index is 1.68. The fourth-order valence-electron chi connectivity index (χ4n) is 2.53. The number of carbonyl (C=O) groups is 3. The summed E-state index contributed by atoms with van der Waals surface area (Å²) in [4.78, 5) is 39.2. The zero-order valence-electron chi connectivity index (χ0n) is 13.0. The molecule has 1 saturated heterocycles. The quantitative estimate of drug-likeness (QED) is 0.738. The number of imide groups is 1. The summed E-state index contributed by atoms with van der Waals surface area (Å²) in [6, 6.07) is 9.88. The number of pyridine rings is 1. The third-order valence-corrected chi connectivity index (χ3v) is 3.88. The number of aromatic nitrogens is 1. The second-order valence-electron chi connectivity index (χ2n) is 5.70. The van der Waals surface area contributed by atoms with E-state index < -0.39 is 17.5 Å². The van der Waals surface area contributed by atoms with Crippen molar-refractivity contribution in [2.75, 3.05) is 5.32 Å². The Labute approximate surface area is 138 Å². The lowest BCUT2D eigenvalue weighted by molar-refractivity contribution is -0.123. The Morgan fingerprint density at radius 1 is 1.21 bits per heavy atom. The fraction of sp³-hybridized carbons (Fsp3) is 0.176. The van der Waals surface area contributed by atoms with Crippen LogP contribution in [-0.2, 0) is 21.5 Å². The van der Waals surface area contributed by atoms with Gasteiger partial charge in [-0.15, -0.1) is 0 Å². The first kappa shape index (κ1) is 15.7. The van der Waals surface area contributed by atoms with Crippen LogP contribution in [0, 0.1) is 0 Å². The second kappa shape index (κ2) is 6.11. The third kappa shape index (κ3) is 3.10. The van der Waals surface area contributed by atoms with Crippen molar-refractivity contribution in [2.45, 2.75) is 18.9 Å². The van der Waals surface area contributed by atoms with Gasteiger partial charge in [-0.3, -0.25) is 19.9 Å². The highest BCUT2D eigenvalue weighted by molar-refractivity contribution is 6.07. The number of urea groups is 1. The molecule has 0 aliphatic carbocycles. The molecule has 24 heavy (non-hydrogen) atoms. The van der Waals surface area contributed by atoms with E-state index in [0.29, 0.717) is 11.3 Å². The highest BCUT2D eigenvalue weighted by Crippen LogP contribution is 2.25. The maximum atomic E-state index is 12.0. The lowest BCUT2D eigenvalue weighted by atomic mass is 9.92. The van der Waals surface area contributed by atoms with Crippen molar-refractivity contribution < 1.29 is 14.4 Å². The predicted octanol–water partition coefficient (Wildman–Crippen LogP) is 1.32. The molecule has 7 nitrogen and oxygen atoms in total. The van der Waals surface area contributed by atoms with Gasteiger partial charge in [-0.05, 0) is 36.2 Å². The largest absolute Gasteiger partial charge is 0.326 e. The van der Waals surface area contributed by atoms with Gasteiger partial charge in [0.2, 0.25) is 5.91 Å². The van der Waals surface area contributed by atoms with Crippen LogP contribution in [0.5, 0.6) is 0 Å². The number of hydrogen-bond acceptors (Lipinski definition) is 4. The molecule has 122 valence electrons. The Kier molecular flexibility index (Phi) is 3.99. The van der Waals surface area contributed by atoms with Gasteiger partial charge in [0.15, 0.2) is 0 Å². The summed E-state index contributed by atoms with van der Waals surface area (Å²) in [7, 11) is 0. The molecule has 1 aliphatic rings. The molecule has 0 bridgehead atoms. The van der Waals surface area contributed by atoms with Crippen molar-refractivity contribution in [2.24, 2.45) is 0 Å². The topological polar surface area (TPSA) is 100 Å². The zero-order chi connectivity index (χ0) is 17.2. The Bertz CT molecular complexity index is 789. The molecule has 0 spiro atoms. The smallest absolute Gasteiger partial charge is 0.322 e. The monoisotopic (exact) mass is 324 g/mol. The average molecular weight is 324 g/mol. The molecule has 2 heterocycles. The van der Waals surface area contributed by atoms with Crippen LogP contribution in [0.1, 0.15) is 18.1 Å². The van der Waals surface area contributed by atoms with Crippen molar-refractivity contribution in [1.29, 1.82) is 0 Å². The molecule has 1 fully saturated rings. The molecule has 1 aromatic heterocycles. The van der Waals surface area contributed by atoms with E-state index in [2.05, 4.69) is 20.9 Å². The first-order chi connectivity index (χ1) is 11.5. The number of anilines is 1. The minimum Gasteiger partial charge on any atom is -0.326 e. The molecule has 1 aliphatic heterocycles. The van der Waals surface area contributed by atoms with Crippen molar-refractivity contribution in [3.63, 3.8) is 0 Å². The highest BCUT2D eigenvalue weighted by atomic mass is 16.2. The second-order valence-corrected chi connectivity index (χ2v) is 5.70. The predicted molar refractivity (Wildman–Crippen MR) is 87.0 cm³/mol. The van der Waals surface area contributed by atoms with Crippen molar-refractivity contribution in [3.8, 4) is 0 Å². The number of nitrogens with one attached hydrogen (secondary N) is 3. The molecule has 0 unspecified atom stereocenters. The van der Waals surface area contributed by atoms with Gasteiger partial charge in [0.25, 0.3) is 5.91 Å². The van der Waals surface area contributed by atoms with Crippen molar-refractivity contribution >= 4 is 23.5 Å². The van der Waals surface area contributed by atoms with Gasteiger partial charge in [0, 0.05) is 18.1 Å². The van der Waals surface area contributed by atoms with Gasteiger partial charge in [0.05, 0.1) is 6.42 Å². The van der Waals surface area contributed by atoms with Gasteiger partial charge < -0.3 is 10.6 Å². The zero-order valence-corrected chi connectivity index (χ0v) is 13.0. The minimum atomic E-state index is -1.10. The van der Waals surface area contributed by atoms with E-state index in [1.54, 1.807) is 49.6 Å². The fourth-order valence-corrected chi connectivity index (χ4v) is 2.53. The SMILES string of the molecule is C[C@]1(c2ccc(NC(=O)Cc3cccnc3)cc2)NC(=O)NC1=O. The van der Waals surface area contributed by atoms with E-state index in [1.165, 1.54) is 0 Å². The van der Waals surface area contributed by atoms with E-state index in [9.17, 15) is 14.4 Å². The number of amides is 4. The van der Waals surface area contributed by atoms with Crippen LogP contribution >= 0.6 is 0 Å². The van der Waals surface area contributed by atoms with Crippen LogP contribution in [0.2, 0.25) is 0 Å². The Hall–Kier alpha value is -3.22. The summed E-state index contributed by atoms with van der Waals surface area (Å²) in [5, 5.41) is 7.60. The average Bonchev–Trinajstić information content (AvgIpc) is 2.82. The summed E-state index contributed by atoms with van der Waals surface area (Å²) >= 11 is 0. The molecule has 3 rings (SSSR count). The van der Waals surface area contributed by atoms with Gasteiger partial charge in [0.1, 0.15) is 5.54 Å². The van der Waals surface area contributed by atoms with Gasteiger partial charge in [-0.1, -0.05) is 18.2 Å². The maximum absolute atomic E-state index is 12.0. The minimum absolute atomic E-state index is 0.158. The number of nitrogens with zero attached hydrogens (tertiary/aromatic N) is 1. The summed E-state index contributed by atoms with van der Waals surface area (Å²) in [6.45, 7) is 1.63. The molecule has 0 saturated carbocycles. The lowest BCUT2D eigenvalue weighted by Gasteiger charge is -2.21. The Morgan fingerprint density at radius 3 is 2.54 bits per heavy atom. The summed E-state index contributed by atoms with van der Waals surface area (Å²) in [5.74, 6) is -0.560. The standard InChI is InChI=1S/C17H16N4O3/c1-17(15(23)20-16(24)21-17)12-4-6-13(7-5-12)19-14(22)9-11-3-2-8-18-10-11/h2-8,10H,9H2,1H3,(H,19,22)(H2,20,21,23,24)/t17-/m1/s1. The number of rotatable bonds is 4. The van der Waals surface area contributed by atoms with Crippen LogP contribution < -0.4 is 16.0 Å². The molecule has 1 atom stereocenters. The first-order valence-corrected chi connectivity index (χ1v) is 7.40. The van der Waals surface area contributed by atoms with Crippen molar-refractivity contribution in [1.82, 2.24) is 15.6 Å². The summed E-state index contributed by atoms with van der Waals surface area (Å²) < 4.78 is 0. The van der Waals surface area contributed by atoms with Crippen LogP contribution in [-0.4, -0.2) is 22.8 Å². The van der Waals surface area contributed by atoms with E-state index >= 15 is 0 Å². The van der Waals surface area contributed by atoms with E-state index in [4.69, 9.17) is 0 Å². The Morgan fingerprint density at radius 2 is 1.96 bits per heavy atom.